The molecule has 1 rings (SSSR count). The summed E-state index contributed by atoms with van der Waals surface area (Å²) in [6, 6.07) is 6.14. The van der Waals surface area contributed by atoms with Crippen LogP contribution >= 0.6 is 0 Å². The summed E-state index contributed by atoms with van der Waals surface area (Å²) in [4.78, 5) is 0. The van der Waals surface area contributed by atoms with Gasteiger partial charge in [-0.15, -0.1) is 0 Å². The molecule has 0 spiro atoms. The van der Waals surface area contributed by atoms with Crippen LogP contribution in [0.25, 0.3) is 0 Å². The lowest BCUT2D eigenvalue weighted by Gasteiger charge is -2.30. The minimum absolute atomic E-state index is 0.213. The first-order chi connectivity index (χ1) is 8.58. The van der Waals surface area contributed by atoms with E-state index in [2.05, 4.69) is 32.2 Å². The predicted molar refractivity (Wildman–Crippen MR) is 75.6 cm³/mol. The van der Waals surface area contributed by atoms with Gasteiger partial charge in [-0.25, -0.2) is 0 Å². The number of methoxy groups -OCH3 is 1. The summed E-state index contributed by atoms with van der Waals surface area (Å²) in [6.07, 6.45) is 1.94. The number of nitrogens with one attached hydrogen (secondary N) is 1. The zero-order chi connectivity index (χ0) is 13.6. The van der Waals surface area contributed by atoms with Gasteiger partial charge in [0, 0.05) is 6.54 Å². The van der Waals surface area contributed by atoms with Gasteiger partial charge in [-0.3, -0.25) is 0 Å². The Kier molecular flexibility index (Phi) is 5.48. The molecule has 1 unspecified atom stereocenters. The first-order valence-electron chi connectivity index (χ1n) is 6.59. The lowest BCUT2D eigenvalue weighted by molar-refractivity contribution is 0.0820. The lowest BCUT2D eigenvalue weighted by Crippen LogP contribution is -2.41. The molecule has 1 aromatic carbocycles. The Morgan fingerprint density at radius 2 is 1.94 bits per heavy atom. The van der Waals surface area contributed by atoms with E-state index in [0.717, 1.165) is 30.9 Å². The molecule has 0 saturated carbocycles. The van der Waals surface area contributed by atoms with E-state index in [1.165, 1.54) is 5.56 Å². The molecule has 0 amide bonds. The number of hydrogen-bond donors (Lipinski definition) is 1. The molecule has 0 aliphatic heterocycles. The Hall–Kier alpha value is -1.22. The van der Waals surface area contributed by atoms with Gasteiger partial charge in [0.25, 0.3) is 0 Å². The second-order valence-electron chi connectivity index (χ2n) is 4.77. The second kappa shape index (κ2) is 6.64. The van der Waals surface area contributed by atoms with E-state index in [-0.39, 0.29) is 5.60 Å². The smallest absolute Gasteiger partial charge is 0.162 e. The Balaban J connectivity index is 2.95. The van der Waals surface area contributed by atoms with Gasteiger partial charge in [-0.2, -0.15) is 0 Å². The third-order valence-electron chi connectivity index (χ3n) is 3.29. The Morgan fingerprint density at radius 1 is 1.22 bits per heavy atom. The molecule has 0 fully saturated rings. The highest BCUT2D eigenvalue weighted by Crippen LogP contribution is 2.32. The van der Waals surface area contributed by atoms with Crippen LogP contribution in [-0.4, -0.2) is 26.3 Å². The molecule has 0 radical (unpaired) electrons. The van der Waals surface area contributed by atoms with Gasteiger partial charge < -0.3 is 14.8 Å². The molecule has 0 bridgehead atoms. The molecule has 0 heterocycles. The van der Waals surface area contributed by atoms with Gasteiger partial charge in [0.1, 0.15) is 5.60 Å². The van der Waals surface area contributed by atoms with Crippen LogP contribution in [0.4, 0.5) is 0 Å². The van der Waals surface area contributed by atoms with Crippen molar-refractivity contribution in [2.24, 2.45) is 0 Å². The lowest BCUT2D eigenvalue weighted by atomic mass is 10.0. The van der Waals surface area contributed by atoms with Crippen molar-refractivity contribution in [3.63, 3.8) is 0 Å². The van der Waals surface area contributed by atoms with Crippen molar-refractivity contribution < 1.29 is 9.47 Å². The van der Waals surface area contributed by atoms with Gasteiger partial charge in [-0.1, -0.05) is 19.9 Å². The van der Waals surface area contributed by atoms with Crippen LogP contribution in [0.2, 0.25) is 0 Å². The van der Waals surface area contributed by atoms with Crippen LogP contribution in [0.5, 0.6) is 11.5 Å². The summed E-state index contributed by atoms with van der Waals surface area (Å²) in [6.45, 7) is 7.18. The summed E-state index contributed by atoms with van der Waals surface area (Å²) >= 11 is 0. The molecular weight excluding hydrogens is 226 g/mol. The molecular formula is C15H25NO2. The standard InChI is InChI=1S/C15H25NO2/c1-6-12-8-9-13(14(10-12)17-5)18-15(3,7-2)11-16-4/h8-10,16H,6-7,11H2,1-5H3. The summed E-state index contributed by atoms with van der Waals surface area (Å²) in [5, 5.41) is 3.17. The topological polar surface area (TPSA) is 30.5 Å². The fourth-order valence-corrected chi connectivity index (χ4v) is 1.89. The molecule has 102 valence electrons. The highest BCUT2D eigenvalue weighted by atomic mass is 16.5. The molecule has 18 heavy (non-hydrogen) atoms. The summed E-state index contributed by atoms with van der Waals surface area (Å²) in [7, 11) is 3.62. The van der Waals surface area contributed by atoms with E-state index in [9.17, 15) is 0 Å². The van der Waals surface area contributed by atoms with E-state index in [1.807, 2.05) is 19.2 Å². The highest BCUT2D eigenvalue weighted by Gasteiger charge is 2.24. The molecule has 0 aromatic heterocycles. The van der Waals surface area contributed by atoms with Gasteiger partial charge >= 0.3 is 0 Å². The van der Waals surface area contributed by atoms with E-state index in [4.69, 9.17) is 9.47 Å². The fraction of sp³-hybridized carbons (Fsp3) is 0.600. The van der Waals surface area contributed by atoms with Crippen molar-refractivity contribution in [2.45, 2.75) is 39.2 Å². The van der Waals surface area contributed by atoms with Crippen LogP contribution in [0.1, 0.15) is 32.8 Å². The monoisotopic (exact) mass is 251 g/mol. The maximum Gasteiger partial charge on any atom is 0.162 e. The largest absolute Gasteiger partial charge is 0.493 e. The molecule has 1 atom stereocenters. The third-order valence-corrected chi connectivity index (χ3v) is 3.29. The molecule has 0 aliphatic rings. The normalized spacial score (nSPS) is 14.1. The van der Waals surface area contributed by atoms with Crippen molar-refractivity contribution >= 4 is 0 Å². The first kappa shape index (κ1) is 14.8. The van der Waals surface area contributed by atoms with Crippen LogP contribution in [0.15, 0.2) is 18.2 Å². The van der Waals surface area contributed by atoms with E-state index in [0.29, 0.717) is 0 Å². The van der Waals surface area contributed by atoms with E-state index >= 15 is 0 Å². The number of ether oxygens (including phenoxy) is 2. The average Bonchev–Trinajstić information content (AvgIpc) is 2.39. The number of benzene rings is 1. The molecule has 1 N–H and O–H groups in total. The Labute approximate surface area is 110 Å². The second-order valence-corrected chi connectivity index (χ2v) is 4.77. The first-order valence-corrected chi connectivity index (χ1v) is 6.59. The minimum Gasteiger partial charge on any atom is -0.493 e. The van der Waals surface area contributed by atoms with Crippen molar-refractivity contribution in [3.8, 4) is 11.5 Å². The third kappa shape index (κ3) is 3.64. The zero-order valence-electron chi connectivity index (χ0n) is 12.2. The van der Waals surface area contributed by atoms with E-state index < -0.39 is 0 Å². The number of aryl methyl sites for hydroxylation is 1. The molecule has 1 aromatic rings. The van der Waals surface area contributed by atoms with Crippen molar-refractivity contribution in [2.75, 3.05) is 20.7 Å². The molecule has 0 aliphatic carbocycles. The van der Waals surface area contributed by atoms with Crippen molar-refractivity contribution in [3.05, 3.63) is 23.8 Å². The summed E-state index contributed by atoms with van der Waals surface area (Å²) in [5.41, 5.74) is 1.04. The van der Waals surface area contributed by atoms with Crippen LogP contribution in [0.3, 0.4) is 0 Å². The number of hydrogen-bond acceptors (Lipinski definition) is 3. The van der Waals surface area contributed by atoms with Crippen LogP contribution in [0, 0.1) is 0 Å². The quantitative estimate of drug-likeness (QED) is 0.808. The SMILES string of the molecule is CCc1ccc(OC(C)(CC)CNC)c(OC)c1. The predicted octanol–water partition coefficient (Wildman–Crippen LogP) is 3.02. The van der Waals surface area contributed by atoms with Crippen molar-refractivity contribution in [1.29, 1.82) is 0 Å². The fourth-order valence-electron chi connectivity index (χ4n) is 1.89. The van der Waals surface area contributed by atoms with Crippen molar-refractivity contribution in [1.82, 2.24) is 5.32 Å². The van der Waals surface area contributed by atoms with Crippen LogP contribution in [-0.2, 0) is 6.42 Å². The summed E-state index contributed by atoms with van der Waals surface area (Å²) < 4.78 is 11.5. The maximum absolute atomic E-state index is 6.13. The highest BCUT2D eigenvalue weighted by molar-refractivity contribution is 5.43. The molecule has 3 nitrogen and oxygen atoms in total. The number of rotatable bonds is 7. The van der Waals surface area contributed by atoms with Gasteiger partial charge in [-0.05, 0) is 44.5 Å². The molecule has 3 heteroatoms. The Bertz CT molecular complexity index is 379. The number of likely N-dealkylation sites (N-methyl/N-ethyl adjacent to an activating group) is 1. The maximum atomic E-state index is 6.13. The van der Waals surface area contributed by atoms with Gasteiger partial charge in [0.15, 0.2) is 11.5 Å². The van der Waals surface area contributed by atoms with Crippen LogP contribution < -0.4 is 14.8 Å². The van der Waals surface area contributed by atoms with E-state index in [1.54, 1.807) is 7.11 Å². The average molecular weight is 251 g/mol. The zero-order valence-corrected chi connectivity index (χ0v) is 12.2. The Morgan fingerprint density at radius 3 is 2.44 bits per heavy atom. The summed E-state index contributed by atoms with van der Waals surface area (Å²) in [5.74, 6) is 1.62. The molecule has 0 saturated heterocycles. The van der Waals surface area contributed by atoms with Gasteiger partial charge in [0.2, 0.25) is 0 Å². The van der Waals surface area contributed by atoms with Gasteiger partial charge in [0.05, 0.1) is 7.11 Å². The minimum atomic E-state index is -0.213.